The minimum atomic E-state index is 0.106. The second-order valence-corrected chi connectivity index (χ2v) is 7.52. The van der Waals surface area contributed by atoms with Crippen LogP contribution in [0.5, 0.6) is 0 Å². The van der Waals surface area contributed by atoms with Crippen LogP contribution in [0.15, 0.2) is 22.7 Å². The van der Waals surface area contributed by atoms with E-state index in [4.69, 9.17) is 11.6 Å². The number of nitrogens with zero attached hydrogens (tertiary/aromatic N) is 2. The molecule has 3 nitrogen and oxygen atoms in total. The number of nitrogens with one attached hydrogen (secondary N) is 1. The minimum absolute atomic E-state index is 0.106. The van der Waals surface area contributed by atoms with E-state index in [0.29, 0.717) is 0 Å². The molecule has 0 bridgehead atoms. The molecule has 21 heavy (non-hydrogen) atoms. The van der Waals surface area contributed by atoms with E-state index in [0.717, 1.165) is 33.1 Å². The number of hydrogen-bond donors (Lipinski definition) is 1. The Morgan fingerprint density at radius 1 is 1.29 bits per heavy atom. The SMILES string of the molecule is Cc1nn(-c2ccc(CNC(C)(C)C)cc2Br)c(C)c1Cl. The number of aromatic nitrogens is 2. The average Bonchev–Trinajstić information content (AvgIpc) is 2.63. The molecule has 0 radical (unpaired) electrons. The van der Waals surface area contributed by atoms with E-state index in [-0.39, 0.29) is 5.54 Å². The lowest BCUT2D eigenvalue weighted by molar-refractivity contribution is 0.424. The molecule has 0 aliphatic heterocycles. The highest BCUT2D eigenvalue weighted by Crippen LogP contribution is 2.27. The summed E-state index contributed by atoms with van der Waals surface area (Å²) in [6, 6.07) is 6.31. The monoisotopic (exact) mass is 369 g/mol. The molecule has 1 aromatic carbocycles. The van der Waals surface area contributed by atoms with Gasteiger partial charge in [0.15, 0.2) is 0 Å². The predicted molar refractivity (Wildman–Crippen MR) is 92.3 cm³/mol. The van der Waals surface area contributed by atoms with Crippen molar-refractivity contribution in [1.29, 1.82) is 0 Å². The van der Waals surface area contributed by atoms with E-state index >= 15 is 0 Å². The Labute approximate surface area is 139 Å². The second-order valence-electron chi connectivity index (χ2n) is 6.29. The fourth-order valence-electron chi connectivity index (χ4n) is 2.06. The van der Waals surface area contributed by atoms with Gasteiger partial charge >= 0.3 is 0 Å². The summed E-state index contributed by atoms with van der Waals surface area (Å²) in [5.41, 5.74) is 4.14. The molecule has 5 heteroatoms. The summed E-state index contributed by atoms with van der Waals surface area (Å²) in [5.74, 6) is 0. The molecule has 2 rings (SSSR count). The van der Waals surface area contributed by atoms with Gasteiger partial charge in [-0.2, -0.15) is 5.10 Å². The number of hydrogen-bond acceptors (Lipinski definition) is 2. The second kappa shape index (κ2) is 6.11. The topological polar surface area (TPSA) is 29.9 Å². The van der Waals surface area contributed by atoms with Crippen LogP contribution in [-0.4, -0.2) is 15.3 Å². The maximum Gasteiger partial charge on any atom is 0.0848 e. The zero-order valence-electron chi connectivity index (χ0n) is 13.1. The van der Waals surface area contributed by atoms with Crippen LogP contribution in [0.3, 0.4) is 0 Å². The van der Waals surface area contributed by atoms with Crippen LogP contribution in [0.25, 0.3) is 5.69 Å². The summed E-state index contributed by atoms with van der Waals surface area (Å²) in [5, 5.41) is 8.70. The number of aryl methyl sites for hydroxylation is 1. The van der Waals surface area contributed by atoms with Crippen molar-refractivity contribution >= 4 is 27.5 Å². The maximum absolute atomic E-state index is 6.22. The highest BCUT2D eigenvalue weighted by Gasteiger charge is 2.14. The van der Waals surface area contributed by atoms with E-state index in [9.17, 15) is 0 Å². The van der Waals surface area contributed by atoms with Gasteiger partial charge in [-0.05, 0) is 68.2 Å². The average molecular weight is 371 g/mol. The molecule has 0 saturated heterocycles. The van der Waals surface area contributed by atoms with Crippen molar-refractivity contribution < 1.29 is 0 Å². The molecule has 2 aromatic rings. The third-order valence-corrected chi connectivity index (χ3v) is 4.45. The molecule has 0 amide bonds. The van der Waals surface area contributed by atoms with E-state index in [1.165, 1.54) is 5.56 Å². The molecule has 0 aliphatic rings. The third kappa shape index (κ3) is 3.87. The summed E-state index contributed by atoms with van der Waals surface area (Å²) < 4.78 is 2.89. The normalized spacial score (nSPS) is 12.0. The molecular formula is C16H21BrClN3. The molecule has 0 saturated carbocycles. The van der Waals surface area contributed by atoms with E-state index in [1.807, 2.05) is 18.5 Å². The lowest BCUT2D eigenvalue weighted by Gasteiger charge is -2.21. The Morgan fingerprint density at radius 3 is 2.43 bits per heavy atom. The van der Waals surface area contributed by atoms with Crippen molar-refractivity contribution in [2.24, 2.45) is 0 Å². The molecule has 0 spiro atoms. The molecule has 1 aromatic heterocycles. The number of halogens is 2. The van der Waals surface area contributed by atoms with E-state index in [1.54, 1.807) is 0 Å². The van der Waals surface area contributed by atoms with Gasteiger partial charge < -0.3 is 5.32 Å². The van der Waals surface area contributed by atoms with Gasteiger partial charge in [0.05, 0.1) is 22.1 Å². The minimum Gasteiger partial charge on any atom is -0.308 e. The molecular weight excluding hydrogens is 350 g/mol. The van der Waals surface area contributed by atoms with Crippen LogP contribution in [0.1, 0.15) is 37.7 Å². The van der Waals surface area contributed by atoms with E-state index in [2.05, 4.69) is 65.3 Å². The summed E-state index contributed by atoms with van der Waals surface area (Å²) in [6.07, 6.45) is 0. The largest absolute Gasteiger partial charge is 0.308 e. The first-order chi connectivity index (χ1) is 9.69. The quantitative estimate of drug-likeness (QED) is 0.841. The zero-order valence-corrected chi connectivity index (χ0v) is 15.4. The molecule has 0 fully saturated rings. The van der Waals surface area contributed by atoms with Crippen molar-refractivity contribution in [3.63, 3.8) is 0 Å². The Bertz CT molecular complexity index is 656. The molecule has 0 unspecified atom stereocenters. The first kappa shape index (κ1) is 16.5. The lowest BCUT2D eigenvalue weighted by atomic mass is 10.1. The highest BCUT2D eigenvalue weighted by molar-refractivity contribution is 9.10. The van der Waals surface area contributed by atoms with Crippen molar-refractivity contribution in [3.05, 3.63) is 44.6 Å². The number of rotatable bonds is 3. The van der Waals surface area contributed by atoms with Crippen LogP contribution in [-0.2, 0) is 6.54 Å². The fraction of sp³-hybridized carbons (Fsp3) is 0.438. The molecule has 0 aliphatic carbocycles. The van der Waals surface area contributed by atoms with Crippen LogP contribution in [0.2, 0.25) is 5.02 Å². The Balaban J connectivity index is 2.29. The molecule has 0 atom stereocenters. The van der Waals surface area contributed by atoms with Gasteiger partial charge in [0, 0.05) is 16.6 Å². The molecule has 1 heterocycles. The van der Waals surface area contributed by atoms with Crippen molar-refractivity contribution in [3.8, 4) is 5.69 Å². The van der Waals surface area contributed by atoms with Gasteiger partial charge in [0.2, 0.25) is 0 Å². The maximum atomic E-state index is 6.22. The summed E-state index contributed by atoms with van der Waals surface area (Å²) in [6.45, 7) is 11.2. The smallest absolute Gasteiger partial charge is 0.0848 e. The van der Waals surface area contributed by atoms with Gasteiger partial charge in [-0.25, -0.2) is 4.68 Å². The van der Waals surface area contributed by atoms with Crippen molar-refractivity contribution in [1.82, 2.24) is 15.1 Å². The predicted octanol–water partition coefficient (Wildman–Crippen LogP) is 4.79. The van der Waals surface area contributed by atoms with Crippen molar-refractivity contribution in [2.45, 2.75) is 46.7 Å². The standard InChI is InChI=1S/C16H21BrClN3/c1-10-15(18)11(2)21(20-10)14-7-6-12(8-13(14)17)9-19-16(3,4)5/h6-8,19H,9H2,1-5H3. The molecule has 114 valence electrons. The first-order valence-corrected chi connectivity index (χ1v) is 8.11. The van der Waals surface area contributed by atoms with Gasteiger partial charge in [0.1, 0.15) is 0 Å². The van der Waals surface area contributed by atoms with Gasteiger partial charge in [-0.1, -0.05) is 17.7 Å². The number of benzene rings is 1. The van der Waals surface area contributed by atoms with Gasteiger partial charge in [0.25, 0.3) is 0 Å². The summed E-state index contributed by atoms with van der Waals surface area (Å²) in [7, 11) is 0. The van der Waals surface area contributed by atoms with Crippen LogP contribution < -0.4 is 5.32 Å². The zero-order chi connectivity index (χ0) is 15.8. The van der Waals surface area contributed by atoms with Crippen molar-refractivity contribution in [2.75, 3.05) is 0 Å². The first-order valence-electron chi connectivity index (χ1n) is 6.94. The molecule has 1 N–H and O–H groups in total. The third-order valence-electron chi connectivity index (χ3n) is 3.27. The Hall–Kier alpha value is -0.840. The van der Waals surface area contributed by atoms with E-state index < -0.39 is 0 Å². The summed E-state index contributed by atoms with van der Waals surface area (Å²) >= 11 is 9.86. The van der Waals surface area contributed by atoms with Crippen LogP contribution in [0.4, 0.5) is 0 Å². The van der Waals surface area contributed by atoms with Gasteiger partial charge in [-0.3, -0.25) is 0 Å². The lowest BCUT2D eigenvalue weighted by Crippen LogP contribution is -2.35. The fourth-order valence-corrected chi connectivity index (χ4v) is 2.77. The Kier molecular flexibility index (Phi) is 4.81. The highest BCUT2D eigenvalue weighted by atomic mass is 79.9. The van der Waals surface area contributed by atoms with Crippen LogP contribution >= 0.6 is 27.5 Å². The van der Waals surface area contributed by atoms with Gasteiger partial charge in [-0.15, -0.1) is 0 Å². The Morgan fingerprint density at radius 2 is 1.95 bits per heavy atom. The van der Waals surface area contributed by atoms with Crippen LogP contribution in [0, 0.1) is 13.8 Å². The summed E-state index contributed by atoms with van der Waals surface area (Å²) in [4.78, 5) is 0.